The zero-order chi connectivity index (χ0) is 28.8. The predicted octanol–water partition coefficient (Wildman–Crippen LogP) is 8.44. The first-order chi connectivity index (χ1) is 21.8. The van der Waals surface area contributed by atoms with E-state index >= 15 is 0 Å². The van der Waals surface area contributed by atoms with Crippen molar-refractivity contribution >= 4 is 67.2 Å². The number of nitrogens with zero attached hydrogens (tertiary/aromatic N) is 1. The van der Waals surface area contributed by atoms with E-state index in [1.807, 2.05) is 12.1 Å². The van der Waals surface area contributed by atoms with E-state index in [0.29, 0.717) is 0 Å². The van der Waals surface area contributed by atoms with Gasteiger partial charge < -0.3 is 13.4 Å². The average Bonchev–Trinajstić information content (AvgIpc) is 3.73. The molecule has 3 aromatic heterocycles. The Morgan fingerprint density at radius 2 is 0.841 bits per heavy atom. The summed E-state index contributed by atoms with van der Waals surface area (Å²) >= 11 is 0. The van der Waals surface area contributed by atoms with E-state index in [0.717, 1.165) is 55.5 Å². The molecule has 0 amide bonds. The molecule has 1 aliphatic rings. The van der Waals surface area contributed by atoms with E-state index in [9.17, 15) is 0 Å². The van der Waals surface area contributed by atoms with Crippen LogP contribution in [-0.4, -0.2) is 11.3 Å². The van der Waals surface area contributed by atoms with E-state index in [1.54, 1.807) is 0 Å². The zero-order valence-corrected chi connectivity index (χ0v) is 23.7. The summed E-state index contributed by atoms with van der Waals surface area (Å²) in [6.07, 6.45) is 0. The lowest BCUT2D eigenvalue weighted by Gasteiger charge is -2.13. The third-order valence-electron chi connectivity index (χ3n) is 9.30. The summed E-state index contributed by atoms with van der Waals surface area (Å²) < 4.78 is 16.0. The Morgan fingerprint density at radius 1 is 0.409 bits per heavy atom. The number of furan rings is 2. The van der Waals surface area contributed by atoms with Gasteiger partial charge in [-0.05, 0) is 47.5 Å². The molecule has 0 bridgehead atoms. The van der Waals surface area contributed by atoms with Gasteiger partial charge in [-0.25, -0.2) is 0 Å². The molecule has 3 nitrogen and oxygen atoms in total. The SMILES string of the molecule is c1ccc2c(c1)-c1c(oc3ccccc13)B(c1ccc(-n3c4ccccc4c4ccccc43)cc1)c1oc3ccccc3c1-2. The number of hydrogen-bond donors (Lipinski definition) is 0. The van der Waals surface area contributed by atoms with Gasteiger partial charge >= 0.3 is 6.71 Å². The second kappa shape index (κ2) is 8.89. The largest absolute Gasteiger partial charge is 0.469 e. The van der Waals surface area contributed by atoms with E-state index in [2.05, 4.69) is 138 Å². The van der Waals surface area contributed by atoms with Crippen LogP contribution in [0.25, 0.3) is 71.7 Å². The summed E-state index contributed by atoms with van der Waals surface area (Å²) in [5, 5.41) is 4.76. The highest BCUT2D eigenvalue weighted by Crippen LogP contribution is 2.41. The molecule has 0 aliphatic carbocycles. The maximum Gasteiger partial charge on any atom is 0.334 e. The summed E-state index contributed by atoms with van der Waals surface area (Å²) in [7, 11) is 0. The van der Waals surface area contributed by atoms with Crippen LogP contribution in [0.15, 0.2) is 154 Å². The topological polar surface area (TPSA) is 31.2 Å². The van der Waals surface area contributed by atoms with Crippen LogP contribution in [0.2, 0.25) is 0 Å². The van der Waals surface area contributed by atoms with Crippen LogP contribution in [0.4, 0.5) is 0 Å². The van der Waals surface area contributed by atoms with Crippen LogP contribution in [0.3, 0.4) is 0 Å². The van der Waals surface area contributed by atoms with Crippen molar-refractivity contribution in [1.82, 2.24) is 4.57 Å². The van der Waals surface area contributed by atoms with Crippen LogP contribution in [0.5, 0.6) is 0 Å². The first-order valence-electron chi connectivity index (χ1n) is 15.1. The Kier molecular flexibility index (Phi) is 4.80. The Morgan fingerprint density at radius 3 is 1.36 bits per heavy atom. The number of para-hydroxylation sites is 4. The molecule has 0 unspecified atom stereocenters. The molecule has 4 heteroatoms. The number of fused-ring (bicyclic) bond motifs is 12. The molecule has 0 radical (unpaired) electrons. The van der Waals surface area contributed by atoms with Crippen LogP contribution < -0.4 is 16.8 Å². The molecule has 0 N–H and O–H groups in total. The monoisotopic (exact) mass is 561 g/mol. The zero-order valence-electron chi connectivity index (χ0n) is 23.7. The quantitative estimate of drug-likeness (QED) is 0.198. The van der Waals surface area contributed by atoms with Crippen molar-refractivity contribution in [3.63, 3.8) is 0 Å². The second-order valence-corrected chi connectivity index (χ2v) is 11.6. The average molecular weight is 561 g/mol. The number of rotatable bonds is 2. The van der Waals surface area contributed by atoms with Crippen LogP contribution in [0, 0.1) is 0 Å². The summed E-state index contributed by atoms with van der Waals surface area (Å²) in [6.45, 7) is -0.223. The Bertz CT molecular complexity index is 2410. The van der Waals surface area contributed by atoms with Crippen molar-refractivity contribution < 1.29 is 8.83 Å². The van der Waals surface area contributed by atoms with Crippen molar-refractivity contribution in [3.8, 4) is 27.9 Å². The molecule has 0 spiro atoms. The molecule has 6 aromatic carbocycles. The normalized spacial score (nSPS) is 12.5. The molecular formula is C40H24BNO2. The van der Waals surface area contributed by atoms with E-state index in [4.69, 9.17) is 8.83 Å². The molecule has 0 fully saturated rings. The fourth-order valence-corrected chi connectivity index (χ4v) is 7.45. The Hall–Kier alpha value is -5.74. The van der Waals surface area contributed by atoms with Crippen LogP contribution >= 0.6 is 0 Å². The maximum atomic E-state index is 6.80. The van der Waals surface area contributed by atoms with Crippen molar-refractivity contribution in [1.29, 1.82) is 0 Å². The lowest BCUT2D eigenvalue weighted by Crippen LogP contribution is -2.51. The standard InChI is InChI=1S/C40H24BNO2/c1-2-14-30-29(13-1)37-31-15-5-9-19-35(31)43-39(37)41(40-38(30)32-16-6-10-20-36(32)44-40)25-21-23-26(24-22-25)42-33-17-7-3-11-27(33)28-12-4-8-18-34(28)42/h1-24H. The maximum absolute atomic E-state index is 6.80. The van der Waals surface area contributed by atoms with Gasteiger partial charge in [-0.3, -0.25) is 0 Å². The Balaban J connectivity index is 1.25. The van der Waals surface area contributed by atoms with Gasteiger partial charge in [0.1, 0.15) is 11.2 Å². The minimum atomic E-state index is -0.223. The lowest BCUT2D eigenvalue weighted by molar-refractivity contribution is 0.639. The number of hydrogen-bond acceptors (Lipinski definition) is 2. The first-order valence-corrected chi connectivity index (χ1v) is 15.1. The fourth-order valence-electron chi connectivity index (χ4n) is 7.45. The molecule has 0 atom stereocenters. The summed E-state index contributed by atoms with van der Waals surface area (Å²) in [6, 6.07) is 51.6. The third-order valence-corrected chi connectivity index (χ3v) is 9.30. The van der Waals surface area contributed by atoms with Gasteiger partial charge in [0.25, 0.3) is 0 Å². The van der Waals surface area contributed by atoms with E-state index < -0.39 is 0 Å². The molecule has 44 heavy (non-hydrogen) atoms. The smallest absolute Gasteiger partial charge is 0.334 e. The number of benzene rings is 6. The summed E-state index contributed by atoms with van der Waals surface area (Å²) in [5.74, 6) is 0. The molecule has 10 rings (SSSR count). The van der Waals surface area contributed by atoms with Crippen molar-refractivity contribution in [2.24, 2.45) is 0 Å². The van der Waals surface area contributed by atoms with Gasteiger partial charge in [0, 0.05) is 38.4 Å². The predicted molar refractivity (Wildman–Crippen MR) is 182 cm³/mol. The molecule has 4 heterocycles. The van der Waals surface area contributed by atoms with Gasteiger partial charge in [-0.2, -0.15) is 0 Å². The van der Waals surface area contributed by atoms with Crippen LogP contribution in [-0.2, 0) is 0 Å². The van der Waals surface area contributed by atoms with Gasteiger partial charge in [0.15, 0.2) is 0 Å². The minimum absolute atomic E-state index is 0.223. The first kappa shape index (κ1) is 23.8. The summed E-state index contributed by atoms with van der Waals surface area (Å²) in [4.78, 5) is 0. The molecular weight excluding hydrogens is 537 g/mol. The highest BCUT2D eigenvalue weighted by molar-refractivity contribution is 6.96. The molecule has 0 saturated carbocycles. The van der Waals surface area contributed by atoms with Crippen molar-refractivity contribution in [3.05, 3.63) is 146 Å². The fraction of sp³-hybridized carbons (Fsp3) is 0. The van der Waals surface area contributed by atoms with E-state index in [1.165, 1.54) is 32.9 Å². The number of aromatic nitrogens is 1. The Labute approximate surface area is 253 Å². The highest BCUT2D eigenvalue weighted by Gasteiger charge is 2.40. The third kappa shape index (κ3) is 3.17. The van der Waals surface area contributed by atoms with Gasteiger partial charge in [-0.15, -0.1) is 0 Å². The van der Waals surface area contributed by atoms with Gasteiger partial charge in [0.05, 0.1) is 22.4 Å². The highest BCUT2D eigenvalue weighted by atomic mass is 16.3. The van der Waals surface area contributed by atoms with Crippen molar-refractivity contribution in [2.75, 3.05) is 0 Å². The minimum Gasteiger partial charge on any atom is -0.469 e. The lowest BCUT2D eigenvalue weighted by atomic mass is 9.40. The van der Waals surface area contributed by atoms with Crippen LogP contribution in [0.1, 0.15) is 0 Å². The molecule has 204 valence electrons. The van der Waals surface area contributed by atoms with Crippen molar-refractivity contribution in [2.45, 2.75) is 0 Å². The molecule has 1 aliphatic heterocycles. The van der Waals surface area contributed by atoms with Gasteiger partial charge in [0.2, 0.25) is 0 Å². The summed E-state index contributed by atoms with van der Waals surface area (Å²) in [5.41, 5.74) is 12.9. The van der Waals surface area contributed by atoms with Gasteiger partial charge in [-0.1, -0.05) is 115 Å². The molecule has 0 saturated heterocycles. The second-order valence-electron chi connectivity index (χ2n) is 11.6. The molecule has 9 aromatic rings. The van der Waals surface area contributed by atoms with E-state index in [-0.39, 0.29) is 6.71 Å².